The number of rotatable bonds is 9. The van der Waals surface area contributed by atoms with E-state index in [1.807, 2.05) is 73.7 Å². The second-order valence-electron chi connectivity index (χ2n) is 9.09. The fourth-order valence-electron chi connectivity index (χ4n) is 4.82. The Bertz CT molecular complexity index is 1080. The third-order valence-corrected chi connectivity index (χ3v) is 6.83. The Morgan fingerprint density at radius 3 is 1.92 bits per heavy atom. The van der Waals surface area contributed by atoms with E-state index in [9.17, 15) is 9.59 Å². The third kappa shape index (κ3) is 6.54. The van der Waals surface area contributed by atoms with Crippen LogP contribution in [0.2, 0.25) is 0 Å². The minimum absolute atomic E-state index is 0. The highest BCUT2D eigenvalue weighted by Gasteiger charge is 2.50. The molecule has 0 spiro atoms. The van der Waals surface area contributed by atoms with Crippen LogP contribution in [0.25, 0.3) is 0 Å². The first-order valence-corrected chi connectivity index (χ1v) is 12.5. The molecule has 1 aliphatic heterocycles. The average Bonchev–Trinajstić information content (AvgIpc) is 2.93. The van der Waals surface area contributed by atoms with Crippen LogP contribution in [-0.2, 0) is 27.4 Å². The number of carbonyl (C=O) groups is 2. The van der Waals surface area contributed by atoms with Gasteiger partial charge in [0.05, 0.1) is 0 Å². The molecular formula is C30H35ClN2O3. The molecule has 0 unspecified atom stereocenters. The van der Waals surface area contributed by atoms with Crippen LogP contribution in [0.3, 0.4) is 0 Å². The molecule has 1 amide bonds. The summed E-state index contributed by atoms with van der Waals surface area (Å²) in [7, 11) is 0. The van der Waals surface area contributed by atoms with Gasteiger partial charge in [0.15, 0.2) is 0 Å². The third-order valence-electron chi connectivity index (χ3n) is 6.83. The largest absolute Gasteiger partial charge is 0.459 e. The number of para-hydroxylation sites is 1. The van der Waals surface area contributed by atoms with Crippen LogP contribution in [-0.4, -0.2) is 41.9 Å². The van der Waals surface area contributed by atoms with Crippen LogP contribution in [0, 0.1) is 0 Å². The molecule has 1 saturated heterocycles. The van der Waals surface area contributed by atoms with Gasteiger partial charge in [-0.15, -0.1) is 12.4 Å². The standard InChI is InChI=1S/C30H34N2O3.ClH/c1-2-28(33)32(27-16-10-5-11-17-27)30(29(34)35-24-26-14-8-4-9-15-26)19-22-31(23-20-30)21-18-25-12-6-3-7-13-25;/h3-17H,2,18-24H2,1H3;1H. The molecule has 4 rings (SSSR count). The summed E-state index contributed by atoms with van der Waals surface area (Å²) >= 11 is 0. The first-order valence-electron chi connectivity index (χ1n) is 12.5. The Kier molecular flexibility index (Phi) is 10.1. The minimum Gasteiger partial charge on any atom is -0.459 e. The van der Waals surface area contributed by atoms with Crippen LogP contribution < -0.4 is 4.90 Å². The number of esters is 1. The molecular weight excluding hydrogens is 472 g/mol. The van der Waals surface area contributed by atoms with Gasteiger partial charge in [-0.05, 0) is 42.5 Å². The van der Waals surface area contributed by atoms with Gasteiger partial charge in [-0.2, -0.15) is 0 Å². The first kappa shape index (κ1) is 27.4. The van der Waals surface area contributed by atoms with E-state index in [0.717, 1.165) is 37.3 Å². The van der Waals surface area contributed by atoms with E-state index >= 15 is 0 Å². The van der Waals surface area contributed by atoms with E-state index in [1.165, 1.54) is 5.56 Å². The summed E-state index contributed by atoms with van der Waals surface area (Å²) in [5, 5.41) is 0. The van der Waals surface area contributed by atoms with E-state index in [2.05, 4.69) is 29.2 Å². The molecule has 0 aliphatic carbocycles. The van der Waals surface area contributed by atoms with Gasteiger partial charge in [0.2, 0.25) is 5.91 Å². The van der Waals surface area contributed by atoms with E-state index < -0.39 is 5.54 Å². The highest BCUT2D eigenvalue weighted by molar-refractivity contribution is 6.02. The molecule has 0 bridgehead atoms. The number of anilines is 1. The van der Waals surface area contributed by atoms with Gasteiger partial charge in [0.25, 0.3) is 0 Å². The van der Waals surface area contributed by atoms with E-state index in [1.54, 1.807) is 4.90 Å². The normalized spacial score (nSPS) is 14.9. The quantitative estimate of drug-likeness (QED) is 0.351. The molecule has 6 heteroatoms. The SMILES string of the molecule is CCC(=O)N(c1ccccc1)C1(C(=O)OCc2ccccc2)CCN(CCc2ccccc2)CC1.Cl. The molecule has 0 saturated carbocycles. The van der Waals surface area contributed by atoms with E-state index in [-0.39, 0.29) is 30.9 Å². The lowest BCUT2D eigenvalue weighted by atomic mass is 9.84. The zero-order valence-electron chi connectivity index (χ0n) is 20.8. The van der Waals surface area contributed by atoms with Crippen LogP contribution in [0.1, 0.15) is 37.3 Å². The van der Waals surface area contributed by atoms with Crippen molar-refractivity contribution in [3.8, 4) is 0 Å². The van der Waals surface area contributed by atoms with Gasteiger partial charge in [-0.3, -0.25) is 9.69 Å². The monoisotopic (exact) mass is 506 g/mol. The van der Waals surface area contributed by atoms with Crippen molar-refractivity contribution in [3.05, 3.63) is 102 Å². The summed E-state index contributed by atoms with van der Waals surface area (Å²) in [4.78, 5) is 31.2. The van der Waals surface area contributed by atoms with Crippen LogP contribution in [0.5, 0.6) is 0 Å². The van der Waals surface area contributed by atoms with Gasteiger partial charge < -0.3 is 9.64 Å². The van der Waals surface area contributed by atoms with Gasteiger partial charge in [-0.25, -0.2) is 4.79 Å². The van der Waals surface area contributed by atoms with Gasteiger partial charge in [0.1, 0.15) is 12.1 Å². The Balaban J connectivity index is 0.00000361. The minimum atomic E-state index is -1.02. The van der Waals surface area contributed by atoms with E-state index in [0.29, 0.717) is 19.3 Å². The average molecular weight is 507 g/mol. The van der Waals surface area contributed by atoms with Crippen molar-refractivity contribution < 1.29 is 14.3 Å². The van der Waals surface area contributed by atoms with Crippen molar-refractivity contribution in [2.24, 2.45) is 0 Å². The smallest absolute Gasteiger partial charge is 0.332 e. The number of halogens is 1. The molecule has 0 aromatic heterocycles. The Hall–Kier alpha value is -3.15. The molecule has 0 N–H and O–H groups in total. The summed E-state index contributed by atoms with van der Waals surface area (Å²) in [6, 6.07) is 29.7. The van der Waals surface area contributed by atoms with Crippen molar-refractivity contribution in [2.75, 3.05) is 24.5 Å². The lowest BCUT2D eigenvalue weighted by Gasteiger charge is -2.46. The van der Waals surface area contributed by atoms with Crippen LogP contribution >= 0.6 is 12.4 Å². The highest BCUT2D eigenvalue weighted by atomic mass is 35.5. The zero-order valence-corrected chi connectivity index (χ0v) is 21.7. The number of hydrogen-bond acceptors (Lipinski definition) is 4. The zero-order chi connectivity index (χ0) is 24.5. The fourth-order valence-corrected chi connectivity index (χ4v) is 4.82. The Labute approximate surface area is 220 Å². The van der Waals surface area contributed by atoms with Crippen LogP contribution in [0.15, 0.2) is 91.0 Å². The number of piperidine rings is 1. The van der Waals surface area contributed by atoms with Crippen molar-refractivity contribution >= 4 is 30.0 Å². The number of amides is 1. The number of likely N-dealkylation sites (tertiary alicyclic amines) is 1. The number of hydrogen-bond donors (Lipinski definition) is 0. The van der Waals surface area contributed by atoms with Gasteiger partial charge in [0, 0.05) is 31.7 Å². The number of nitrogens with zero attached hydrogens (tertiary/aromatic N) is 2. The second-order valence-corrected chi connectivity index (χ2v) is 9.09. The molecule has 1 fully saturated rings. The molecule has 0 atom stereocenters. The summed E-state index contributed by atoms with van der Waals surface area (Å²) in [5.41, 5.74) is 1.96. The van der Waals surface area contributed by atoms with Crippen molar-refractivity contribution in [2.45, 2.75) is 44.8 Å². The molecule has 0 radical (unpaired) electrons. The molecule has 1 aliphatic rings. The van der Waals surface area contributed by atoms with Crippen LogP contribution in [0.4, 0.5) is 5.69 Å². The van der Waals surface area contributed by atoms with Gasteiger partial charge >= 0.3 is 5.97 Å². The molecule has 3 aromatic carbocycles. The lowest BCUT2D eigenvalue weighted by molar-refractivity contribution is -0.155. The molecule has 1 heterocycles. The summed E-state index contributed by atoms with van der Waals surface area (Å²) < 4.78 is 5.88. The van der Waals surface area contributed by atoms with Gasteiger partial charge in [-0.1, -0.05) is 85.8 Å². The molecule has 3 aromatic rings. The highest BCUT2D eigenvalue weighted by Crippen LogP contribution is 2.36. The predicted molar refractivity (Wildman–Crippen MR) is 146 cm³/mol. The maximum Gasteiger partial charge on any atom is 0.332 e. The van der Waals surface area contributed by atoms with E-state index in [4.69, 9.17) is 4.74 Å². The Morgan fingerprint density at radius 2 is 1.36 bits per heavy atom. The molecule has 36 heavy (non-hydrogen) atoms. The maximum absolute atomic E-state index is 13.8. The summed E-state index contributed by atoms with van der Waals surface area (Å²) in [6.45, 7) is 4.42. The van der Waals surface area contributed by atoms with Crippen molar-refractivity contribution in [3.63, 3.8) is 0 Å². The number of benzene rings is 3. The topological polar surface area (TPSA) is 49.9 Å². The van der Waals surface area contributed by atoms with Crippen molar-refractivity contribution in [1.29, 1.82) is 0 Å². The maximum atomic E-state index is 13.8. The van der Waals surface area contributed by atoms with Crippen molar-refractivity contribution in [1.82, 2.24) is 4.90 Å². The fraction of sp³-hybridized carbons (Fsp3) is 0.333. The number of carbonyl (C=O) groups excluding carboxylic acids is 2. The second kappa shape index (κ2) is 13.2. The summed E-state index contributed by atoms with van der Waals surface area (Å²) in [6.07, 6.45) is 2.36. The first-order chi connectivity index (χ1) is 17.1. The molecule has 190 valence electrons. The Morgan fingerprint density at radius 1 is 0.833 bits per heavy atom. The summed E-state index contributed by atoms with van der Waals surface area (Å²) in [5.74, 6) is -0.389. The predicted octanol–water partition coefficient (Wildman–Crippen LogP) is 5.67. The lowest BCUT2D eigenvalue weighted by Crippen LogP contribution is -2.63. The molecule has 5 nitrogen and oxygen atoms in total. The number of ether oxygens (including phenoxy) is 1.